The first-order chi connectivity index (χ1) is 6.87. The van der Waals surface area contributed by atoms with E-state index in [0.29, 0.717) is 12.3 Å². The minimum Gasteiger partial charge on any atom is -0.372 e. The lowest BCUT2D eigenvalue weighted by Crippen LogP contribution is -2.28. The lowest BCUT2D eigenvalue weighted by Gasteiger charge is -2.12. The van der Waals surface area contributed by atoms with E-state index in [1.165, 1.54) is 0 Å². The lowest BCUT2D eigenvalue weighted by molar-refractivity contribution is -0.174. The van der Waals surface area contributed by atoms with Crippen LogP contribution >= 0.6 is 0 Å². The predicted octanol–water partition coefficient (Wildman–Crippen LogP) is 2.47. The molecule has 0 aromatic heterocycles. The summed E-state index contributed by atoms with van der Waals surface area (Å²) in [7, 11) is 0. The zero-order valence-electron chi connectivity index (χ0n) is 8.94. The predicted molar refractivity (Wildman–Crippen MR) is 51.4 cm³/mol. The minimum absolute atomic E-state index is 0.107. The summed E-state index contributed by atoms with van der Waals surface area (Å²) in [6.07, 6.45) is -0.624. The van der Waals surface area contributed by atoms with Crippen LogP contribution in [0.15, 0.2) is 0 Å². The maximum atomic E-state index is 11.7. The van der Waals surface area contributed by atoms with Crippen LogP contribution in [-0.4, -0.2) is 24.9 Å². The maximum Gasteiger partial charge on any atom is 0.411 e. The van der Waals surface area contributed by atoms with Gasteiger partial charge in [0.2, 0.25) is 0 Å². The van der Waals surface area contributed by atoms with Crippen molar-refractivity contribution in [2.45, 2.75) is 44.3 Å². The second-order valence-corrected chi connectivity index (χ2v) is 4.34. The van der Waals surface area contributed by atoms with Crippen molar-refractivity contribution in [3.05, 3.63) is 0 Å². The van der Waals surface area contributed by atoms with E-state index < -0.39 is 12.8 Å². The number of nitrogens with two attached hydrogens (primary N) is 1. The molecule has 2 N–H and O–H groups in total. The van der Waals surface area contributed by atoms with Gasteiger partial charge < -0.3 is 10.5 Å². The van der Waals surface area contributed by atoms with E-state index in [0.717, 1.165) is 19.3 Å². The summed E-state index contributed by atoms with van der Waals surface area (Å²) in [5, 5.41) is 0. The molecular formula is C10H18F3NO. The maximum absolute atomic E-state index is 11.7. The molecule has 0 heterocycles. The van der Waals surface area contributed by atoms with Crippen LogP contribution in [0.1, 0.15) is 32.6 Å². The molecule has 0 spiro atoms. The van der Waals surface area contributed by atoms with Gasteiger partial charge in [-0.3, -0.25) is 0 Å². The summed E-state index contributed by atoms with van der Waals surface area (Å²) < 4.78 is 39.7. The Hall–Kier alpha value is -0.290. The zero-order valence-corrected chi connectivity index (χ0v) is 8.94. The first-order valence-corrected chi connectivity index (χ1v) is 5.31. The Balaban J connectivity index is 2.07. The van der Waals surface area contributed by atoms with E-state index in [9.17, 15) is 13.2 Å². The fourth-order valence-electron chi connectivity index (χ4n) is 1.89. The van der Waals surface area contributed by atoms with Gasteiger partial charge >= 0.3 is 6.18 Å². The highest BCUT2D eigenvalue weighted by atomic mass is 19.4. The molecule has 15 heavy (non-hydrogen) atoms. The molecule has 1 rings (SSSR count). The SMILES string of the molecule is CCCC1CC1(N)CCOCC(F)(F)F. The average molecular weight is 225 g/mol. The molecule has 2 atom stereocenters. The number of hydrogen-bond acceptors (Lipinski definition) is 2. The Morgan fingerprint density at radius 1 is 1.47 bits per heavy atom. The molecule has 0 aromatic rings. The number of rotatable bonds is 6. The van der Waals surface area contributed by atoms with Gasteiger partial charge in [-0.2, -0.15) is 13.2 Å². The van der Waals surface area contributed by atoms with Gasteiger partial charge in [-0.1, -0.05) is 13.3 Å². The highest BCUT2D eigenvalue weighted by molar-refractivity contribution is 5.07. The van der Waals surface area contributed by atoms with Crippen LogP contribution in [0.5, 0.6) is 0 Å². The van der Waals surface area contributed by atoms with Crippen LogP contribution < -0.4 is 5.73 Å². The van der Waals surface area contributed by atoms with E-state index in [2.05, 4.69) is 11.7 Å². The molecule has 2 unspecified atom stereocenters. The highest BCUT2D eigenvalue weighted by Gasteiger charge is 2.49. The zero-order chi connectivity index (χ0) is 11.5. The van der Waals surface area contributed by atoms with Gasteiger partial charge in [-0.25, -0.2) is 0 Å². The molecular weight excluding hydrogens is 207 g/mol. The third-order valence-corrected chi connectivity index (χ3v) is 2.89. The highest BCUT2D eigenvalue weighted by Crippen LogP contribution is 2.46. The number of halogens is 3. The fourth-order valence-corrected chi connectivity index (χ4v) is 1.89. The van der Waals surface area contributed by atoms with Gasteiger partial charge in [0.25, 0.3) is 0 Å². The van der Waals surface area contributed by atoms with Crippen LogP contribution in [0.2, 0.25) is 0 Å². The van der Waals surface area contributed by atoms with Crippen molar-refractivity contribution in [2.24, 2.45) is 11.7 Å². The molecule has 0 bridgehead atoms. The molecule has 0 amide bonds. The summed E-state index contributed by atoms with van der Waals surface area (Å²) in [6.45, 7) is 1.02. The number of hydrogen-bond donors (Lipinski definition) is 1. The first-order valence-electron chi connectivity index (χ1n) is 5.31. The molecule has 1 saturated carbocycles. The van der Waals surface area contributed by atoms with Crippen molar-refractivity contribution < 1.29 is 17.9 Å². The Morgan fingerprint density at radius 3 is 2.67 bits per heavy atom. The molecule has 0 radical (unpaired) electrons. The second kappa shape index (κ2) is 4.70. The first kappa shape index (κ1) is 12.8. The van der Waals surface area contributed by atoms with Crippen LogP contribution in [0.4, 0.5) is 13.2 Å². The molecule has 1 aliphatic rings. The van der Waals surface area contributed by atoms with Crippen molar-refractivity contribution in [2.75, 3.05) is 13.2 Å². The van der Waals surface area contributed by atoms with Crippen LogP contribution in [0, 0.1) is 5.92 Å². The number of ether oxygens (including phenoxy) is 1. The number of alkyl halides is 3. The van der Waals surface area contributed by atoms with Crippen LogP contribution in [-0.2, 0) is 4.74 Å². The Labute approximate surface area is 88.0 Å². The van der Waals surface area contributed by atoms with Gasteiger partial charge in [-0.15, -0.1) is 0 Å². The van der Waals surface area contributed by atoms with Gasteiger partial charge in [0.15, 0.2) is 0 Å². The summed E-state index contributed by atoms with van der Waals surface area (Å²) in [5.41, 5.74) is 5.72. The van der Waals surface area contributed by atoms with Gasteiger partial charge in [0.05, 0.1) is 0 Å². The smallest absolute Gasteiger partial charge is 0.372 e. The Bertz CT molecular complexity index is 207. The second-order valence-electron chi connectivity index (χ2n) is 4.34. The summed E-state index contributed by atoms with van der Waals surface area (Å²) in [4.78, 5) is 0. The third kappa shape index (κ3) is 4.38. The molecule has 90 valence electrons. The van der Waals surface area contributed by atoms with Gasteiger partial charge in [0.1, 0.15) is 6.61 Å². The van der Waals surface area contributed by atoms with Crippen molar-refractivity contribution in [1.82, 2.24) is 0 Å². The van der Waals surface area contributed by atoms with Crippen LogP contribution in [0.3, 0.4) is 0 Å². The topological polar surface area (TPSA) is 35.2 Å². The quantitative estimate of drug-likeness (QED) is 0.705. The molecule has 0 aliphatic heterocycles. The molecule has 5 heteroatoms. The van der Waals surface area contributed by atoms with E-state index >= 15 is 0 Å². The van der Waals surface area contributed by atoms with Crippen molar-refractivity contribution >= 4 is 0 Å². The minimum atomic E-state index is -4.23. The lowest BCUT2D eigenvalue weighted by atomic mass is 10.1. The standard InChI is InChI=1S/C10H18F3NO/c1-2-3-8-6-9(8,14)4-5-15-7-10(11,12)13/h8H,2-7,14H2,1H3. The molecule has 0 saturated heterocycles. The molecule has 1 fully saturated rings. The summed E-state index contributed by atoms with van der Waals surface area (Å²) in [6, 6.07) is 0. The van der Waals surface area contributed by atoms with Crippen LogP contribution in [0.25, 0.3) is 0 Å². The van der Waals surface area contributed by atoms with E-state index in [1.807, 2.05) is 0 Å². The summed E-state index contributed by atoms with van der Waals surface area (Å²) >= 11 is 0. The largest absolute Gasteiger partial charge is 0.411 e. The molecule has 2 nitrogen and oxygen atoms in total. The Kier molecular flexibility index (Phi) is 4.00. The third-order valence-electron chi connectivity index (χ3n) is 2.89. The fraction of sp³-hybridized carbons (Fsp3) is 1.00. The average Bonchev–Trinajstić information content (AvgIpc) is 2.71. The monoisotopic (exact) mass is 225 g/mol. The molecule has 0 aromatic carbocycles. The van der Waals surface area contributed by atoms with Crippen molar-refractivity contribution in [3.63, 3.8) is 0 Å². The van der Waals surface area contributed by atoms with Crippen molar-refractivity contribution in [1.29, 1.82) is 0 Å². The normalized spacial score (nSPS) is 30.6. The van der Waals surface area contributed by atoms with E-state index in [1.54, 1.807) is 0 Å². The Morgan fingerprint density at radius 2 is 2.13 bits per heavy atom. The van der Waals surface area contributed by atoms with Gasteiger partial charge in [-0.05, 0) is 25.2 Å². The summed E-state index contributed by atoms with van der Waals surface area (Å²) in [5.74, 6) is 0.483. The van der Waals surface area contributed by atoms with E-state index in [-0.39, 0.29) is 12.1 Å². The molecule has 1 aliphatic carbocycles. The van der Waals surface area contributed by atoms with Gasteiger partial charge in [0, 0.05) is 12.1 Å². The van der Waals surface area contributed by atoms with E-state index in [4.69, 9.17) is 5.73 Å². The van der Waals surface area contributed by atoms with Crippen molar-refractivity contribution in [3.8, 4) is 0 Å².